The summed E-state index contributed by atoms with van der Waals surface area (Å²) in [4.78, 5) is 2.38. The van der Waals surface area contributed by atoms with Gasteiger partial charge in [-0.15, -0.1) is 0 Å². The fourth-order valence-electron chi connectivity index (χ4n) is 4.82. The molecular formula is C19H27NO4. The molecule has 2 aliphatic heterocycles. The second-order valence-electron chi connectivity index (χ2n) is 7.33. The van der Waals surface area contributed by atoms with Gasteiger partial charge in [-0.1, -0.05) is 30.3 Å². The molecule has 1 saturated carbocycles. The molecule has 5 nitrogen and oxygen atoms in total. The highest BCUT2D eigenvalue weighted by Crippen LogP contribution is 2.43. The number of methoxy groups -OCH3 is 1. The number of aliphatic hydroxyl groups is 1. The molecule has 4 rings (SSSR count). The average Bonchev–Trinajstić information content (AvgIpc) is 3.08. The van der Waals surface area contributed by atoms with Crippen LogP contribution in [0.2, 0.25) is 0 Å². The summed E-state index contributed by atoms with van der Waals surface area (Å²) < 4.78 is 17.3. The van der Waals surface area contributed by atoms with Crippen molar-refractivity contribution in [1.29, 1.82) is 0 Å². The zero-order valence-electron chi connectivity index (χ0n) is 14.4. The molecule has 1 aliphatic carbocycles. The van der Waals surface area contributed by atoms with Gasteiger partial charge in [-0.25, -0.2) is 0 Å². The standard InChI is InChI=1S/C19H27NO4/c1-12(13-6-4-3-5-7-13)20-9-15-14(16(21)10-20)8-17-19(18(15)22-2)24-11-23-17/h3-7,12,14-19,21H,8-11H2,1-2H3/t12-,14-,15-,16+,17+,18-,19+/m1/s1. The number of β-amino-alcohol motifs (C(OH)–C–C–N with tert-alkyl or cyclic N) is 1. The molecule has 0 bridgehead atoms. The molecule has 0 spiro atoms. The molecule has 24 heavy (non-hydrogen) atoms. The van der Waals surface area contributed by atoms with E-state index in [4.69, 9.17) is 14.2 Å². The molecule has 0 amide bonds. The van der Waals surface area contributed by atoms with Crippen molar-refractivity contribution in [2.24, 2.45) is 11.8 Å². The van der Waals surface area contributed by atoms with Crippen LogP contribution in [-0.4, -0.2) is 61.4 Å². The van der Waals surface area contributed by atoms with Gasteiger partial charge in [-0.05, 0) is 24.8 Å². The summed E-state index contributed by atoms with van der Waals surface area (Å²) in [5.74, 6) is 0.491. The second kappa shape index (κ2) is 6.73. The number of aliphatic hydroxyl groups excluding tert-OH is 1. The number of rotatable bonds is 3. The van der Waals surface area contributed by atoms with Crippen LogP contribution < -0.4 is 0 Å². The van der Waals surface area contributed by atoms with Gasteiger partial charge in [-0.3, -0.25) is 4.90 Å². The molecule has 0 unspecified atom stereocenters. The molecule has 132 valence electrons. The monoisotopic (exact) mass is 333 g/mol. The molecule has 2 saturated heterocycles. The molecule has 1 N–H and O–H groups in total. The van der Waals surface area contributed by atoms with Gasteiger partial charge < -0.3 is 19.3 Å². The molecule has 3 aliphatic rings. The summed E-state index contributed by atoms with van der Waals surface area (Å²) in [5, 5.41) is 10.8. The Morgan fingerprint density at radius 1 is 1.17 bits per heavy atom. The van der Waals surface area contributed by atoms with Crippen molar-refractivity contribution in [2.45, 2.75) is 43.8 Å². The van der Waals surface area contributed by atoms with Crippen LogP contribution in [0.5, 0.6) is 0 Å². The Bertz CT molecular complexity index is 554. The maximum Gasteiger partial charge on any atom is 0.147 e. The Morgan fingerprint density at radius 2 is 1.96 bits per heavy atom. The first-order chi connectivity index (χ1) is 11.7. The first-order valence-electron chi connectivity index (χ1n) is 8.92. The third-order valence-electron chi connectivity index (χ3n) is 6.17. The Labute approximate surface area is 143 Å². The maximum atomic E-state index is 10.8. The molecule has 3 fully saturated rings. The topological polar surface area (TPSA) is 51.2 Å². The zero-order chi connectivity index (χ0) is 16.7. The van der Waals surface area contributed by atoms with Gasteiger partial charge in [-0.2, -0.15) is 0 Å². The van der Waals surface area contributed by atoms with Crippen molar-refractivity contribution in [3.63, 3.8) is 0 Å². The normalized spacial score (nSPS) is 40.8. The summed E-state index contributed by atoms with van der Waals surface area (Å²) in [7, 11) is 1.75. The highest BCUT2D eigenvalue weighted by Gasteiger charge is 2.53. The third kappa shape index (κ3) is 2.78. The Morgan fingerprint density at radius 3 is 2.71 bits per heavy atom. The van der Waals surface area contributed by atoms with E-state index in [-0.39, 0.29) is 42.3 Å². The number of hydrogen-bond acceptors (Lipinski definition) is 5. The minimum absolute atomic E-state index is 0.00423. The summed E-state index contributed by atoms with van der Waals surface area (Å²) in [6, 6.07) is 10.8. The minimum Gasteiger partial charge on any atom is -0.391 e. The van der Waals surface area contributed by atoms with Crippen LogP contribution in [0, 0.1) is 11.8 Å². The van der Waals surface area contributed by atoms with Crippen molar-refractivity contribution in [1.82, 2.24) is 4.90 Å². The fraction of sp³-hybridized carbons (Fsp3) is 0.684. The summed E-state index contributed by atoms with van der Waals surface area (Å²) in [6.07, 6.45) is 0.554. The van der Waals surface area contributed by atoms with Gasteiger partial charge in [0, 0.05) is 32.2 Å². The van der Waals surface area contributed by atoms with Crippen LogP contribution in [-0.2, 0) is 14.2 Å². The Hall–Kier alpha value is -0.980. The summed E-state index contributed by atoms with van der Waals surface area (Å²) in [5.41, 5.74) is 1.28. The first-order valence-corrected chi connectivity index (χ1v) is 8.92. The highest BCUT2D eigenvalue weighted by atomic mass is 16.7. The molecule has 2 heterocycles. The highest BCUT2D eigenvalue weighted by molar-refractivity contribution is 5.19. The molecular weight excluding hydrogens is 306 g/mol. The number of piperidine rings is 1. The average molecular weight is 333 g/mol. The van der Waals surface area contributed by atoms with Crippen LogP contribution in [0.15, 0.2) is 30.3 Å². The second-order valence-corrected chi connectivity index (χ2v) is 7.33. The lowest BCUT2D eigenvalue weighted by atomic mass is 9.69. The minimum atomic E-state index is -0.349. The lowest BCUT2D eigenvalue weighted by Crippen LogP contribution is -2.61. The molecule has 5 heteroatoms. The fourth-order valence-corrected chi connectivity index (χ4v) is 4.82. The van der Waals surface area contributed by atoms with E-state index in [9.17, 15) is 5.11 Å². The number of hydrogen-bond donors (Lipinski definition) is 1. The first kappa shape index (κ1) is 16.5. The quantitative estimate of drug-likeness (QED) is 0.914. The van der Waals surface area contributed by atoms with Crippen molar-refractivity contribution < 1.29 is 19.3 Å². The number of likely N-dealkylation sites (tertiary alicyclic amines) is 1. The summed E-state index contributed by atoms with van der Waals surface area (Å²) in [6.45, 7) is 4.18. The van der Waals surface area contributed by atoms with Crippen LogP contribution >= 0.6 is 0 Å². The predicted molar refractivity (Wildman–Crippen MR) is 89.4 cm³/mol. The molecule has 0 radical (unpaired) electrons. The van der Waals surface area contributed by atoms with E-state index in [2.05, 4.69) is 36.1 Å². The van der Waals surface area contributed by atoms with Gasteiger partial charge in [0.1, 0.15) is 12.9 Å². The lowest BCUT2D eigenvalue weighted by molar-refractivity contribution is -0.152. The number of fused-ring (bicyclic) bond motifs is 2. The van der Waals surface area contributed by atoms with E-state index in [0.29, 0.717) is 13.3 Å². The van der Waals surface area contributed by atoms with Gasteiger partial charge in [0.2, 0.25) is 0 Å². The zero-order valence-corrected chi connectivity index (χ0v) is 14.4. The van der Waals surface area contributed by atoms with E-state index in [1.54, 1.807) is 7.11 Å². The number of benzene rings is 1. The van der Waals surface area contributed by atoms with Crippen LogP contribution in [0.3, 0.4) is 0 Å². The largest absolute Gasteiger partial charge is 0.391 e. The van der Waals surface area contributed by atoms with E-state index in [1.807, 2.05) is 6.07 Å². The van der Waals surface area contributed by atoms with E-state index >= 15 is 0 Å². The van der Waals surface area contributed by atoms with Gasteiger partial charge in [0.25, 0.3) is 0 Å². The predicted octanol–water partition coefficient (Wildman–Crippen LogP) is 1.82. The van der Waals surface area contributed by atoms with Crippen molar-refractivity contribution in [3.05, 3.63) is 35.9 Å². The van der Waals surface area contributed by atoms with Crippen LogP contribution in [0.1, 0.15) is 24.9 Å². The van der Waals surface area contributed by atoms with Gasteiger partial charge in [0.15, 0.2) is 0 Å². The maximum absolute atomic E-state index is 10.8. The molecule has 1 aromatic rings. The van der Waals surface area contributed by atoms with Gasteiger partial charge >= 0.3 is 0 Å². The third-order valence-corrected chi connectivity index (χ3v) is 6.17. The van der Waals surface area contributed by atoms with Crippen molar-refractivity contribution in [2.75, 3.05) is 27.0 Å². The molecule has 7 atom stereocenters. The Balaban J connectivity index is 1.55. The smallest absolute Gasteiger partial charge is 0.147 e. The van der Waals surface area contributed by atoms with Crippen LogP contribution in [0.4, 0.5) is 0 Å². The number of ether oxygens (including phenoxy) is 3. The SMILES string of the molecule is CO[C@@H]1[C@@H]2CN([C@H](C)c3ccccc3)C[C@H](O)[C@@H]2C[C@@H]2OCO[C@H]12. The van der Waals surface area contributed by atoms with E-state index < -0.39 is 0 Å². The van der Waals surface area contributed by atoms with Crippen LogP contribution in [0.25, 0.3) is 0 Å². The van der Waals surface area contributed by atoms with Gasteiger partial charge in [0.05, 0.1) is 18.3 Å². The van der Waals surface area contributed by atoms with E-state index in [0.717, 1.165) is 13.0 Å². The molecule has 1 aromatic carbocycles. The van der Waals surface area contributed by atoms with Crippen molar-refractivity contribution >= 4 is 0 Å². The summed E-state index contributed by atoms with van der Waals surface area (Å²) >= 11 is 0. The molecule has 0 aromatic heterocycles. The lowest BCUT2D eigenvalue weighted by Gasteiger charge is -2.51. The Kier molecular flexibility index (Phi) is 4.62. The number of nitrogens with zero attached hydrogens (tertiary/aromatic N) is 1. The van der Waals surface area contributed by atoms with Crippen molar-refractivity contribution in [3.8, 4) is 0 Å². The van der Waals surface area contributed by atoms with E-state index in [1.165, 1.54) is 5.56 Å².